The number of aromatic nitrogens is 1. The second kappa shape index (κ2) is 14.1. The topological polar surface area (TPSA) is 61.1 Å². The first-order chi connectivity index (χ1) is 21.3. The zero-order valence-electron chi connectivity index (χ0n) is 24.7. The third kappa shape index (κ3) is 9.17. The maximum atomic E-state index is 10.7. The lowest BCUT2D eigenvalue weighted by Crippen LogP contribution is -2.36. The summed E-state index contributed by atoms with van der Waals surface area (Å²) in [5, 5.41) is 0. The molecule has 0 N–H and O–H groups in total. The summed E-state index contributed by atoms with van der Waals surface area (Å²) in [6, 6.07) is 40.0. The molecule has 0 unspecified atom stereocenters. The molecule has 226 valence electrons. The number of aryl methyl sites for hydroxylation is 2. The van der Waals surface area contributed by atoms with Crippen LogP contribution in [0.1, 0.15) is 33.6 Å². The number of hydrogen-bond acceptors (Lipinski definition) is 3. The number of pyridine rings is 1. The first kappa shape index (κ1) is 32.8. The summed E-state index contributed by atoms with van der Waals surface area (Å²) in [5.74, 6) is 13.2. The quantitative estimate of drug-likeness (QED) is 0.0897. The smallest absolute Gasteiger partial charge is 0.485 e. The molecule has 0 atom stereocenters. The van der Waals surface area contributed by atoms with Gasteiger partial charge in [0, 0.05) is 35.1 Å². The van der Waals surface area contributed by atoms with Crippen molar-refractivity contribution in [1.29, 1.82) is 0 Å². The molecule has 0 aliphatic heterocycles. The van der Waals surface area contributed by atoms with Crippen LogP contribution < -0.4 is 4.57 Å². The molecule has 0 spiro atoms. The maximum Gasteiger partial charge on any atom is 0.485 e. The highest BCUT2D eigenvalue weighted by molar-refractivity contribution is 7.86. The van der Waals surface area contributed by atoms with Crippen molar-refractivity contribution < 1.29 is 30.7 Å². The summed E-state index contributed by atoms with van der Waals surface area (Å²) < 4.78 is 60.9. The van der Waals surface area contributed by atoms with Gasteiger partial charge in [-0.05, 0) is 66.4 Å². The molecular weight excluding hydrogens is 595 g/mol. The highest BCUT2D eigenvalue weighted by atomic mass is 32.2. The van der Waals surface area contributed by atoms with Crippen molar-refractivity contribution in [3.63, 3.8) is 0 Å². The van der Waals surface area contributed by atoms with Crippen LogP contribution in [-0.4, -0.2) is 18.5 Å². The fourth-order valence-corrected chi connectivity index (χ4v) is 4.09. The van der Waals surface area contributed by atoms with E-state index >= 15 is 0 Å². The normalized spacial score (nSPS) is 10.8. The Kier molecular flexibility index (Phi) is 10.3. The third-order valence-corrected chi connectivity index (χ3v) is 7.29. The zero-order valence-corrected chi connectivity index (χ0v) is 25.5. The highest BCUT2D eigenvalue weighted by Crippen LogP contribution is 2.22. The third-order valence-electron chi connectivity index (χ3n) is 6.72. The Bertz CT molecular complexity index is 1890. The van der Waals surface area contributed by atoms with Gasteiger partial charge in [0.1, 0.15) is 7.05 Å². The van der Waals surface area contributed by atoms with Crippen LogP contribution in [0.3, 0.4) is 0 Å². The fraction of sp³-hybridized carbons (Fsp3) is 0.108. The molecule has 4 aromatic carbocycles. The molecular formula is C37H28F3NO3S. The molecule has 0 aliphatic carbocycles. The van der Waals surface area contributed by atoms with Crippen molar-refractivity contribution in [2.24, 2.45) is 7.05 Å². The molecule has 5 rings (SSSR count). The van der Waals surface area contributed by atoms with Crippen LogP contribution >= 0.6 is 0 Å². The van der Waals surface area contributed by atoms with E-state index in [-0.39, 0.29) is 0 Å². The van der Waals surface area contributed by atoms with Crippen LogP contribution in [0.15, 0.2) is 115 Å². The SMILES string of the molecule is Cc1ccc(-c2ccc(C#Cc3cccc(C#Cc4ccc(-c5ccc(C)cc5)cc4)[n+]3C)cc2)cc1.O=S(=O)([O-])C(F)(F)F. The predicted molar refractivity (Wildman–Crippen MR) is 169 cm³/mol. The van der Waals surface area contributed by atoms with Crippen molar-refractivity contribution in [3.05, 3.63) is 149 Å². The van der Waals surface area contributed by atoms with E-state index in [1.54, 1.807) is 0 Å². The van der Waals surface area contributed by atoms with Gasteiger partial charge < -0.3 is 4.55 Å². The van der Waals surface area contributed by atoms with Crippen LogP contribution in [0.4, 0.5) is 13.2 Å². The molecule has 0 aliphatic rings. The number of rotatable bonds is 2. The van der Waals surface area contributed by atoms with Crippen LogP contribution in [0, 0.1) is 37.5 Å². The van der Waals surface area contributed by atoms with E-state index in [9.17, 15) is 13.2 Å². The van der Waals surface area contributed by atoms with E-state index in [0.29, 0.717) is 0 Å². The van der Waals surface area contributed by atoms with Gasteiger partial charge in [-0.15, -0.1) is 0 Å². The van der Waals surface area contributed by atoms with E-state index in [4.69, 9.17) is 13.0 Å². The van der Waals surface area contributed by atoms with Gasteiger partial charge in [-0.1, -0.05) is 95.8 Å². The molecule has 1 heterocycles. The molecule has 4 nitrogen and oxygen atoms in total. The minimum Gasteiger partial charge on any atom is -0.741 e. The number of nitrogens with zero attached hydrogens (tertiary/aromatic N) is 1. The fourth-order valence-electron chi connectivity index (χ4n) is 4.09. The predicted octanol–water partition coefficient (Wildman–Crippen LogP) is 7.31. The van der Waals surface area contributed by atoms with Gasteiger partial charge in [-0.3, -0.25) is 0 Å². The van der Waals surface area contributed by atoms with E-state index in [1.165, 1.54) is 33.4 Å². The van der Waals surface area contributed by atoms with Crippen molar-refractivity contribution in [3.8, 4) is 45.9 Å². The number of hydrogen-bond donors (Lipinski definition) is 0. The Hall–Kier alpha value is -5.15. The monoisotopic (exact) mass is 623 g/mol. The molecule has 8 heteroatoms. The van der Waals surface area contributed by atoms with Gasteiger partial charge >= 0.3 is 5.51 Å². The number of alkyl halides is 3. The van der Waals surface area contributed by atoms with Gasteiger partial charge in [-0.2, -0.15) is 17.7 Å². The summed E-state index contributed by atoms with van der Waals surface area (Å²) >= 11 is 0. The van der Waals surface area contributed by atoms with Crippen molar-refractivity contribution in [2.45, 2.75) is 19.4 Å². The minimum absolute atomic E-state index is 0.920. The summed E-state index contributed by atoms with van der Waals surface area (Å²) in [6.07, 6.45) is 0. The van der Waals surface area contributed by atoms with E-state index in [2.05, 4.69) is 135 Å². The Labute approximate surface area is 261 Å². The van der Waals surface area contributed by atoms with Crippen LogP contribution in [-0.2, 0) is 17.2 Å². The zero-order chi connectivity index (χ0) is 32.6. The molecule has 0 bridgehead atoms. The maximum absolute atomic E-state index is 10.7. The van der Waals surface area contributed by atoms with Crippen LogP contribution in [0.25, 0.3) is 22.3 Å². The Balaban J connectivity index is 0.000000510. The molecule has 5 aromatic rings. The molecule has 0 radical (unpaired) electrons. The van der Waals surface area contributed by atoms with E-state index in [0.717, 1.165) is 22.5 Å². The molecule has 1 aromatic heterocycles. The Morgan fingerprint density at radius 3 is 1.13 bits per heavy atom. The molecule has 0 saturated carbocycles. The molecule has 0 amide bonds. The lowest BCUT2D eigenvalue weighted by atomic mass is 10.0. The van der Waals surface area contributed by atoms with Crippen molar-refractivity contribution >= 4 is 10.1 Å². The van der Waals surface area contributed by atoms with Crippen molar-refractivity contribution in [2.75, 3.05) is 0 Å². The number of benzene rings is 4. The number of halogens is 3. The first-order valence-corrected chi connectivity index (χ1v) is 15.1. The van der Waals surface area contributed by atoms with E-state index in [1.807, 2.05) is 29.8 Å². The van der Waals surface area contributed by atoms with Gasteiger partial charge in [-0.25, -0.2) is 8.42 Å². The molecule has 45 heavy (non-hydrogen) atoms. The van der Waals surface area contributed by atoms with Gasteiger partial charge in [0.15, 0.2) is 10.1 Å². The van der Waals surface area contributed by atoms with E-state index < -0.39 is 15.6 Å². The average molecular weight is 624 g/mol. The highest BCUT2D eigenvalue weighted by Gasteiger charge is 2.36. The molecule has 0 saturated heterocycles. The average Bonchev–Trinajstić information content (AvgIpc) is 3.01. The summed E-state index contributed by atoms with van der Waals surface area (Å²) in [5.41, 5.74) is 5.52. The van der Waals surface area contributed by atoms with Gasteiger partial charge in [0.2, 0.25) is 0 Å². The lowest BCUT2D eigenvalue weighted by Gasteiger charge is -2.08. The Morgan fingerprint density at radius 1 is 0.556 bits per heavy atom. The van der Waals surface area contributed by atoms with Crippen LogP contribution in [0.5, 0.6) is 0 Å². The second-order valence-electron chi connectivity index (χ2n) is 10.1. The van der Waals surface area contributed by atoms with Gasteiger partial charge in [0.25, 0.3) is 11.4 Å². The summed E-state index contributed by atoms with van der Waals surface area (Å²) in [7, 11) is -4.08. The molecule has 0 fully saturated rings. The summed E-state index contributed by atoms with van der Waals surface area (Å²) in [4.78, 5) is 0. The van der Waals surface area contributed by atoms with Gasteiger partial charge in [0.05, 0.1) is 0 Å². The lowest BCUT2D eigenvalue weighted by molar-refractivity contribution is -0.676. The standard InChI is InChI=1S/C36H28N.CHF3O3S/c1-27-7-17-31(18-8-27)33-21-11-29(12-22-33)15-25-35-5-4-6-36(37(35)3)26-16-30-13-23-34(24-14-30)32-19-9-28(2)10-20-32;2-1(3,4)8(5,6)7/h4-14,17-24H,1-3H3;(H,5,6,7)/q+1;/p-1. The second-order valence-corrected chi connectivity index (χ2v) is 11.5. The van der Waals surface area contributed by atoms with Crippen molar-refractivity contribution in [1.82, 2.24) is 0 Å². The summed E-state index contributed by atoms with van der Waals surface area (Å²) in [6.45, 7) is 4.21. The first-order valence-electron chi connectivity index (χ1n) is 13.7. The largest absolute Gasteiger partial charge is 0.741 e. The minimum atomic E-state index is -6.09. The Morgan fingerprint density at radius 2 is 0.844 bits per heavy atom. The van der Waals surface area contributed by atoms with Crippen LogP contribution in [0.2, 0.25) is 0 Å².